The van der Waals surface area contributed by atoms with Gasteiger partial charge in [0, 0.05) is 12.1 Å². The lowest BCUT2D eigenvalue weighted by Crippen LogP contribution is -2.18. The van der Waals surface area contributed by atoms with Gasteiger partial charge in [0.25, 0.3) is 0 Å². The smallest absolute Gasteiger partial charge is 0.119 e. The third-order valence-electron chi connectivity index (χ3n) is 2.51. The van der Waals surface area contributed by atoms with E-state index in [-0.39, 0.29) is 15.2 Å². The van der Waals surface area contributed by atoms with Crippen LogP contribution in [0.15, 0.2) is 36.0 Å². The number of unbranched alkanes of at least 4 members (excludes halogenated alkanes) is 2. The van der Waals surface area contributed by atoms with E-state index >= 15 is 0 Å². The van der Waals surface area contributed by atoms with Crippen molar-refractivity contribution in [2.75, 3.05) is 5.73 Å². The van der Waals surface area contributed by atoms with Crippen LogP contribution in [0.4, 0.5) is 5.69 Å². The topological polar surface area (TPSA) is 59.0 Å². The van der Waals surface area contributed by atoms with Crippen molar-refractivity contribution in [2.24, 2.45) is 0 Å². The summed E-state index contributed by atoms with van der Waals surface area (Å²) in [5.74, 6) is 0.877. The van der Waals surface area contributed by atoms with Gasteiger partial charge in [0.1, 0.15) is 5.75 Å². The van der Waals surface area contributed by atoms with Crippen molar-refractivity contribution in [1.29, 1.82) is 5.26 Å². The quantitative estimate of drug-likeness (QED) is 0.465. The third-order valence-corrected chi connectivity index (χ3v) is 3.95. The van der Waals surface area contributed by atoms with E-state index in [0.717, 1.165) is 24.3 Å². The van der Waals surface area contributed by atoms with Gasteiger partial charge < -0.3 is 10.5 Å². The Bertz CT molecular complexity index is 409. The number of anilines is 1. The van der Waals surface area contributed by atoms with Gasteiger partial charge in [-0.2, -0.15) is 5.26 Å². The Labute approximate surface area is 111 Å². The zero-order chi connectivity index (χ0) is 13.2. The van der Waals surface area contributed by atoms with E-state index in [1.807, 2.05) is 24.3 Å². The summed E-state index contributed by atoms with van der Waals surface area (Å²) >= 11 is 0. The number of hydrogen-bond acceptors (Lipinski definition) is 3. The van der Waals surface area contributed by atoms with Crippen LogP contribution in [0.25, 0.3) is 0 Å². The van der Waals surface area contributed by atoms with Gasteiger partial charge in [-0.05, 0) is 44.0 Å². The van der Waals surface area contributed by atoms with Gasteiger partial charge in [-0.1, -0.05) is 6.08 Å². The summed E-state index contributed by atoms with van der Waals surface area (Å²) in [7, 11) is -0.369. The Morgan fingerprint density at radius 2 is 2.17 bits per heavy atom. The number of nitrogen functional groups attached to an aromatic ring is 1. The highest BCUT2D eigenvalue weighted by atomic mass is 28.2. The Morgan fingerprint density at radius 3 is 2.83 bits per heavy atom. The number of ether oxygens (including phenoxy) is 1. The minimum atomic E-state index is -0.369. The second-order valence-electron chi connectivity index (χ2n) is 4.25. The van der Waals surface area contributed by atoms with Crippen molar-refractivity contribution in [2.45, 2.75) is 31.9 Å². The third kappa shape index (κ3) is 6.11. The van der Waals surface area contributed by atoms with Gasteiger partial charge in [-0.25, -0.2) is 0 Å². The van der Waals surface area contributed by atoms with Gasteiger partial charge in [0.05, 0.1) is 21.3 Å². The molecule has 1 unspecified atom stereocenters. The molecule has 0 aliphatic rings. The van der Waals surface area contributed by atoms with Crippen LogP contribution in [-0.4, -0.2) is 15.2 Å². The lowest BCUT2D eigenvalue weighted by Gasteiger charge is -2.12. The van der Waals surface area contributed by atoms with Gasteiger partial charge in [0.15, 0.2) is 0 Å². The molecule has 0 saturated carbocycles. The largest absolute Gasteiger partial charge is 0.495 e. The van der Waals surface area contributed by atoms with Gasteiger partial charge in [-0.15, -0.1) is 5.70 Å². The predicted octanol–water partition coefficient (Wildman–Crippen LogP) is 2.37. The predicted molar refractivity (Wildman–Crippen MR) is 78.1 cm³/mol. The van der Waals surface area contributed by atoms with E-state index in [2.05, 4.69) is 24.8 Å². The number of benzene rings is 1. The molecule has 0 heterocycles. The molecule has 1 aromatic carbocycles. The summed E-state index contributed by atoms with van der Waals surface area (Å²) in [5.41, 5.74) is 8.90. The standard InChI is InChI=1S/C14H20N2OSi/c1-12(18-11-5-3-2-4-10-15)17-14-8-6-13(16)7-9-14/h5-9,11-12H,2-4,16,18H2,1H3. The van der Waals surface area contributed by atoms with Crippen molar-refractivity contribution in [3.05, 3.63) is 36.0 Å². The number of nitrogens with two attached hydrogens (primary N) is 1. The zero-order valence-corrected chi connectivity index (χ0v) is 12.2. The highest BCUT2D eigenvalue weighted by Gasteiger charge is 2.01. The lowest BCUT2D eigenvalue weighted by molar-refractivity contribution is 0.298. The van der Waals surface area contributed by atoms with E-state index in [1.54, 1.807) is 0 Å². The van der Waals surface area contributed by atoms with Crippen LogP contribution in [0, 0.1) is 11.3 Å². The molecule has 1 rings (SSSR count). The van der Waals surface area contributed by atoms with Crippen molar-refractivity contribution < 1.29 is 4.74 Å². The maximum absolute atomic E-state index is 8.40. The SMILES string of the molecule is CC(Oc1ccc(N)cc1)[SiH2]C=CCCCC#N. The molecule has 0 amide bonds. The fourth-order valence-electron chi connectivity index (χ4n) is 1.53. The molecule has 1 aromatic rings. The van der Waals surface area contributed by atoms with Gasteiger partial charge in [-0.3, -0.25) is 0 Å². The summed E-state index contributed by atoms with van der Waals surface area (Å²) in [6.07, 6.45) is 4.76. The summed E-state index contributed by atoms with van der Waals surface area (Å²) < 4.78 is 5.80. The van der Waals surface area contributed by atoms with Crippen LogP contribution in [-0.2, 0) is 0 Å². The summed E-state index contributed by atoms with van der Waals surface area (Å²) in [6.45, 7) is 2.10. The first kappa shape index (κ1) is 14.3. The van der Waals surface area contributed by atoms with E-state index in [0.29, 0.717) is 6.42 Å². The number of allylic oxidation sites excluding steroid dienone is 1. The van der Waals surface area contributed by atoms with Crippen LogP contribution in [0.3, 0.4) is 0 Å². The average molecular weight is 260 g/mol. The summed E-state index contributed by atoms with van der Waals surface area (Å²) in [4.78, 5) is 0. The maximum atomic E-state index is 8.40. The second kappa shape index (κ2) is 8.37. The van der Waals surface area contributed by atoms with Crippen molar-refractivity contribution in [3.8, 4) is 11.8 Å². The molecule has 96 valence electrons. The number of nitriles is 1. The number of rotatable bonds is 7. The molecular formula is C14H20N2OSi. The second-order valence-corrected chi connectivity index (χ2v) is 6.35. The monoisotopic (exact) mass is 260 g/mol. The fourth-order valence-corrected chi connectivity index (χ4v) is 2.63. The van der Waals surface area contributed by atoms with E-state index in [4.69, 9.17) is 15.7 Å². The molecule has 0 aliphatic heterocycles. The molecule has 2 N–H and O–H groups in total. The molecular weight excluding hydrogens is 240 g/mol. The first-order valence-corrected chi connectivity index (χ1v) is 7.90. The first-order valence-electron chi connectivity index (χ1n) is 6.26. The minimum Gasteiger partial charge on any atom is -0.495 e. The summed E-state index contributed by atoms with van der Waals surface area (Å²) in [5, 5.41) is 8.40. The van der Waals surface area contributed by atoms with E-state index in [9.17, 15) is 0 Å². The van der Waals surface area contributed by atoms with Crippen LogP contribution in [0.1, 0.15) is 26.2 Å². The highest BCUT2D eigenvalue weighted by molar-refractivity contribution is 6.43. The summed E-state index contributed by atoms with van der Waals surface area (Å²) in [6, 6.07) is 9.64. The number of nitrogens with zero attached hydrogens (tertiary/aromatic N) is 1. The van der Waals surface area contributed by atoms with Gasteiger partial charge in [0.2, 0.25) is 0 Å². The van der Waals surface area contributed by atoms with Crippen LogP contribution in [0.2, 0.25) is 0 Å². The molecule has 0 radical (unpaired) electrons. The molecule has 1 atom stereocenters. The van der Waals surface area contributed by atoms with Crippen LogP contribution < -0.4 is 10.5 Å². The highest BCUT2D eigenvalue weighted by Crippen LogP contribution is 2.14. The number of hydrogen-bond donors (Lipinski definition) is 1. The molecule has 0 aromatic heterocycles. The fraction of sp³-hybridized carbons (Fsp3) is 0.357. The van der Waals surface area contributed by atoms with E-state index in [1.165, 1.54) is 0 Å². The molecule has 0 aliphatic carbocycles. The Kier molecular flexibility index (Phi) is 6.66. The Morgan fingerprint density at radius 1 is 1.44 bits per heavy atom. The van der Waals surface area contributed by atoms with Crippen LogP contribution in [0.5, 0.6) is 5.75 Å². The average Bonchev–Trinajstić information content (AvgIpc) is 2.36. The minimum absolute atomic E-state index is 0.279. The molecule has 0 spiro atoms. The van der Waals surface area contributed by atoms with Crippen LogP contribution >= 0.6 is 0 Å². The lowest BCUT2D eigenvalue weighted by atomic mass is 10.2. The zero-order valence-electron chi connectivity index (χ0n) is 10.8. The first-order chi connectivity index (χ1) is 8.72. The molecule has 0 bridgehead atoms. The Balaban J connectivity index is 2.23. The molecule has 0 saturated heterocycles. The van der Waals surface area contributed by atoms with Crippen molar-refractivity contribution in [3.63, 3.8) is 0 Å². The molecule has 0 fully saturated rings. The normalized spacial score (nSPS) is 12.9. The molecule has 3 nitrogen and oxygen atoms in total. The van der Waals surface area contributed by atoms with E-state index < -0.39 is 0 Å². The van der Waals surface area contributed by atoms with Crippen molar-refractivity contribution >= 4 is 15.2 Å². The molecule has 4 heteroatoms. The Hall–Kier alpha value is -1.73. The van der Waals surface area contributed by atoms with Gasteiger partial charge >= 0.3 is 0 Å². The maximum Gasteiger partial charge on any atom is 0.119 e. The van der Waals surface area contributed by atoms with Crippen molar-refractivity contribution in [1.82, 2.24) is 0 Å². The molecule has 18 heavy (non-hydrogen) atoms.